The van der Waals surface area contributed by atoms with Crippen molar-refractivity contribution in [2.24, 2.45) is 0 Å². The Balaban J connectivity index is 0.000000443. The fourth-order valence-corrected chi connectivity index (χ4v) is 1.18. The predicted octanol–water partition coefficient (Wildman–Crippen LogP) is 6.14. The van der Waals surface area contributed by atoms with Crippen LogP contribution in [0.1, 0.15) is 19.8 Å². The van der Waals surface area contributed by atoms with Crippen LogP contribution in [-0.4, -0.2) is 0 Å². The van der Waals surface area contributed by atoms with E-state index in [0.717, 1.165) is 0 Å². The van der Waals surface area contributed by atoms with Crippen LogP contribution in [0.2, 0.25) is 0 Å². The maximum atomic E-state index is 7.39. The zero-order valence-corrected chi connectivity index (χ0v) is 12.5. The lowest BCUT2D eigenvalue weighted by Gasteiger charge is -1.86. The normalized spacial score (nSPS) is 16.3. The van der Waals surface area contributed by atoms with Crippen LogP contribution >= 0.6 is 54.5 Å². The Bertz CT molecular complexity index is 534. The lowest BCUT2D eigenvalue weighted by molar-refractivity contribution is 1.60. The zero-order valence-electron chi connectivity index (χ0n) is 16.1. The van der Waals surface area contributed by atoms with Crippen molar-refractivity contribution >= 4 is 54.5 Å². The van der Waals surface area contributed by atoms with Crippen molar-refractivity contribution in [3.8, 4) is 0 Å². The average molecular weight is 465 g/mol. The molecule has 0 saturated carbocycles. The van der Waals surface area contributed by atoms with Crippen molar-refractivity contribution < 1.29 is 12.3 Å². The van der Waals surface area contributed by atoms with Gasteiger partial charge in [0.25, 0.3) is 0 Å². The molecular weight excluding hydrogens is 443 g/mol. The molecule has 0 heterocycles. The summed E-state index contributed by atoms with van der Waals surface area (Å²) < 4.78 is 66.4. The van der Waals surface area contributed by atoms with E-state index < -0.39 is 0 Å². The van der Waals surface area contributed by atoms with Gasteiger partial charge in [-0.3, -0.25) is 0 Å². The van der Waals surface area contributed by atoms with Gasteiger partial charge in [-0.1, -0.05) is 57.4 Å². The first-order valence-corrected chi connectivity index (χ1v) is 6.23. The third-order valence-electron chi connectivity index (χ3n) is 1.03. The van der Waals surface area contributed by atoms with E-state index in [1.54, 1.807) is 22.6 Å². The monoisotopic (exact) mass is 463 g/mol. The molecule has 16 heavy (non-hydrogen) atoms. The highest BCUT2D eigenvalue weighted by atomic mass is 127. The van der Waals surface area contributed by atoms with Gasteiger partial charge in [-0.2, -0.15) is 0 Å². The third kappa shape index (κ3) is 7.41. The molecule has 0 aliphatic rings. The first-order valence-electron chi connectivity index (χ1n) is 8.07. The number of hydrogen-bond acceptors (Lipinski definition) is 0. The van der Waals surface area contributed by atoms with Gasteiger partial charge in [0.1, 0.15) is 0 Å². The van der Waals surface area contributed by atoms with Gasteiger partial charge < -0.3 is 0 Å². The SMILES string of the molecule is C.[2H]c1c([2H])c(I)c([2H])c([2H])c1Br.[2H]c1c([2H])c([2H])c(Br)c([2H])c1[2H]. The van der Waals surface area contributed by atoms with Crippen LogP contribution in [0.15, 0.2) is 63.3 Å². The third-order valence-corrected chi connectivity index (χ3v) is 2.37. The molecule has 2 rings (SSSR count). The average Bonchev–Trinajstić information content (AvgIpc) is 2.58. The molecule has 0 radical (unpaired) electrons. The van der Waals surface area contributed by atoms with E-state index in [9.17, 15) is 0 Å². The molecule has 2 aromatic carbocycles. The topological polar surface area (TPSA) is 0 Å². The van der Waals surface area contributed by atoms with E-state index in [-0.39, 0.29) is 70.8 Å². The summed E-state index contributed by atoms with van der Waals surface area (Å²) in [6.07, 6.45) is 0. The van der Waals surface area contributed by atoms with Crippen LogP contribution in [0, 0.1) is 3.57 Å². The van der Waals surface area contributed by atoms with Gasteiger partial charge in [0.05, 0.1) is 12.3 Å². The van der Waals surface area contributed by atoms with Gasteiger partial charge >= 0.3 is 0 Å². The van der Waals surface area contributed by atoms with Crippen LogP contribution in [0.25, 0.3) is 0 Å². The van der Waals surface area contributed by atoms with E-state index in [1.165, 1.54) is 0 Å². The Morgan fingerprint density at radius 1 is 0.812 bits per heavy atom. The summed E-state index contributed by atoms with van der Waals surface area (Å²) in [5, 5.41) is 0. The summed E-state index contributed by atoms with van der Waals surface area (Å²) in [4.78, 5) is 0. The lowest BCUT2D eigenvalue weighted by Crippen LogP contribution is -1.65. The second-order valence-corrected chi connectivity index (χ2v) is 4.73. The van der Waals surface area contributed by atoms with Gasteiger partial charge in [-0.05, 0) is 58.8 Å². The van der Waals surface area contributed by atoms with E-state index in [2.05, 4.69) is 31.9 Å². The smallest absolute Gasteiger partial charge is 0.0635 e. The fraction of sp³-hybridized carbons (Fsp3) is 0.0769. The molecule has 0 fully saturated rings. The molecule has 0 N–H and O–H groups in total. The summed E-state index contributed by atoms with van der Waals surface area (Å²) in [5.74, 6) is 0. The molecule has 3 heteroatoms. The summed E-state index contributed by atoms with van der Waals surface area (Å²) in [6, 6.07) is -1.46. The molecule has 0 atom stereocenters. The Kier molecular flexibility index (Phi) is 3.64. The highest BCUT2D eigenvalue weighted by molar-refractivity contribution is 14.1. The maximum Gasteiger partial charge on any atom is 0.0635 e. The van der Waals surface area contributed by atoms with Crippen molar-refractivity contribution in [1.29, 1.82) is 0 Å². The number of hydrogen-bond donors (Lipinski definition) is 0. The molecule has 0 saturated heterocycles. The van der Waals surface area contributed by atoms with Crippen LogP contribution in [0.4, 0.5) is 0 Å². The van der Waals surface area contributed by atoms with Crippen molar-refractivity contribution in [1.82, 2.24) is 0 Å². The number of benzene rings is 2. The minimum atomic E-state index is -0.367. The minimum absolute atomic E-state index is 0. The van der Waals surface area contributed by atoms with E-state index in [0.29, 0.717) is 3.57 Å². The molecule has 0 aliphatic heterocycles. The summed E-state index contributed by atoms with van der Waals surface area (Å²) in [6.45, 7) is 0. The first-order chi connectivity index (χ1) is 10.9. The van der Waals surface area contributed by atoms with Crippen molar-refractivity contribution in [2.75, 3.05) is 0 Å². The summed E-state index contributed by atoms with van der Waals surface area (Å²) >= 11 is 7.71. The van der Waals surface area contributed by atoms with Crippen LogP contribution in [0.3, 0.4) is 0 Å². The second-order valence-electron chi connectivity index (χ2n) is 2.07. The molecule has 0 spiro atoms. The van der Waals surface area contributed by atoms with Crippen LogP contribution in [-0.2, 0) is 0 Å². The van der Waals surface area contributed by atoms with E-state index in [1.807, 2.05) is 0 Å². The molecule has 2 aromatic rings. The zero-order chi connectivity index (χ0) is 18.9. The van der Waals surface area contributed by atoms with Gasteiger partial charge in [0, 0.05) is 12.5 Å². The van der Waals surface area contributed by atoms with E-state index >= 15 is 0 Å². The van der Waals surface area contributed by atoms with Gasteiger partial charge in [-0.15, -0.1) is 0 Å². The fourth-order valence-electron chi connectivity index (χ4n) is 0.517. The molecule has 86 valence electrons. The van der Waals surface area contributed by atoms with E-state index in [4.69, 9.17) is 12.3 Å². The molecule has 0 bridgehead atoms. The Morgan fingerprint density at radius 2 is 1.25 bits per heavy atom. The standard InChI is InChI=1S/C6H4BrI.C6H5Br.CH4/c7-5-1-3-6(8)4-2-5;7-6-4-2-1-3-5-6;/h1-4H;1-5H;1H4/i1D,2D,3D,4D;1D,2D,3D,4D,5D;. The highest BCUT2D eigenvalue weighted by Crippen LogP contribution is 2.11. The number of halogens is 3. The first kappa shape index (κ1) is 6.34. The molecule has 0 nitrogen and oxygen atoms in total. The Labute approximate surface area is 141 Å². The largest absolute Gasteiger partial charge is 0.0776 e. The van der Waals surface area contributed by atoms with Crippen molar-refractivity contribution in [3.63, 3.8) is 0 Å². The van der Waals surface area contributed by atoms with Crippen LogP contribution < -0.4 is 0 Å². The van der Waals surface area contributed by atoms with Crippen molar-refractivity contribution in [3.05, 3.63) is 66.9 Å². The predicted molar refractivity (Wildman–Crippen MR) is 87.7 cm³/mol. The summed E-state index contributed by atoms with van der Waals surface area (Å²) in [7, 11) is 0. The molecule has 0 amide bonds. The second kappa shape index (κ2) is 9.19. The summed E-state index contributed by atoms with van der Waals surface area (Å²) in [5.41, 5.74) is 0. The van der Waals surface area contributed by atoms with Crippen molar-refractivity contribution in [2.45, 2.75) is 7.43 Å². The quantitative estimate of drug-likeness (QED) is 0.411. The molecule has 0 aliphatic carbocycles. The van der Waals surface area contributed by atoms with Gasteiger partial charge in [0.15, 0.2) is 0 Å². The molecule has 0 aromatic heterocycles. The minimum Gasteiger partial charge on any atom is -0.0776 e. The number of rotatable bonds is 0. The molecular formula is C13H13Br2I. The Morgan fingerprint density at radius 3 is 1.75 bits per heavy atom. The van der Waals surface area contributed by atoms with Crippen LogP contribution in [0.5, 0.6) is 0 Å². The Hall–Kier alpha value is 0.130. The molecule has 0 unspecified atom stereocenters. The highest BCUT2D eigenvalue weighted by Gasteiger charge is 1.82. The maximum absolute atomic E-state index is 7.39. The lowest BCUT2D eigenvalue weighted by atomic mass is 10.4. The van der Waals surface area contributed by atoms with Gasteiger partial charge in [0.2, 0.25) is 0 Å². The van der Waals surface area contributed by atoms with Gasteiger partial charge in [-0.25, -0.2) is 0 Å².